The fraction of sp³-hybridized carbons (Fsp3) is 0.951. The van der Waals surface area contributed by atoms with Gasteiger partial charge < -0.3 is 20.3 Å². The fourth-order valence-electron chi connectivity index (χ4n) is 13.2. The maximum absolute atomic E-state index is 12.6. The van der Waals surface area contributed by atoms with Crippen molar-refractivity contribution in [3.63, 3.8) is 0 Å². The SMILES string of the molecule is CCCCCCC/C=C\CCCCCCCC(=O)OCCCCCCCCCCCCCCCCCCCCCCCCCCCCCCCCCCCCCC(=O)NC(CO)C(O)CCCCCCCCCCCCCCCCCCCCCCC. The van der Waals surface area contributed by atoms with Crippen LogP contribution in [-0.2, 0) is 14.3 Å². The van der Waals surface area contributed by atoms with E-state index in [1.165, 1.54) is 392 Å². The number of hydrogen-bond acceptors (Lipinski definition) is 5. The van der Waals surface area contributed by atoms with Gasteiger partial charge in [0.05, 0.1) is 25.4 Å². The van der Waals surface area contributed by atoms with E-state index >= 15 is 0 Å². The number of aliphatic hydroxyl groups excluding tert-OH is 2. The average molecular weight is 1230 g/mol. The molecule has 0 bridgehead atoms. The molecule has 0 aromatic heterocycles. The second-order valence-electron chi connectivity index (χ2n) is 28.1. The van der Waals surface area contributed by atoms with E-state index in [1.54, 1.807) is 0 Å². The third-order valence-electron chi connectivity index (χ3n) is 19.3. The smallest absolute Gasteiger partial charge is 0.305 e. The zero-order chi connectivity index (χ0) is 62.8. The summed E-state index contributed by atoms with van der Waals surface area (Å²) in [6.07, 6.45) is 97.5. The average Bonchev–Trinajstić information content (AvgIpc) is 3.52. The first-order chi connectivity index (χ1) is 43.0. The second kappa shape index (κ2) is 77.1. The first-order valence-electron chi connectivity index (χ1n) is 40.4. The number of nitrogens with one attached hydrogen (secondary N) is 1. The van der Waals surface area contributed by atoms with Crippen molar-refractivity contribution in [1.82, 2.24) is 5.32 Å². The van der Waals surface area contributed by atoms with Gasteiger partial charge >= 0.3 is 5.97 Å². The number of carbonyl (C=O) groups excluding carboxylic acids is 2. The molecule has 0 saturated heterocycles. The molecule has 1 amide bonds. The van der Waals surface area contributed by atoms with Gasteiger partial charge in [-0.3, -0.25) is 9.59 Å². The molecule has 0 heterocycles. The minimum atomic E-state index is -0.661. The van der Waals surface area contributed by atoms with Crippen molar-refractivity contribution in [1.29, 1.82) is 0 Å². The van der Waals surface area contributed by atoms with Gasteiger partial charge in [0, 0.05) is 12.8 Å². The molecule has 0 saturated carbocycles. The predicted octanol–water partition coefficient (Wildman–Crippen LogP) is 26.7. The number of amides is 1. The van der Waals surface area contributed by atoms with Gasteiger partial charge in [0.25, 0.3) is 0 Å². The van der Waals surface area contributed by atoms with Gasteiger partial charge in [-0.2, -0.15) is 0 Å². The zero-order valence-electron chi connectivity index (χ0n) is 59.5. The topological polar surface area (TPSA) is 95.9 Å². The van der Waals surface area contributed by atoms with Gasteiger partial charge in [0.2, 0.25) is 5.91 Å². The van der Waals surface area contributed by atoms with Crippen LogP contribution in [0.4, 0.5) is 0 Å². The van der Waals surface area contributed by atoms with E-state index in [0.29, 0.717) is 25.9 Å². The van der Waals surface area contributed by atoms with Gasteiger partial charge in [0.1, 0.15) is 0 Å². The van der Waals surface area contributed by atoms with E-state index in [9.17, 15) is 19.8 Å². The Hall–Kier alpha value is -1.40. The van der Waals surface area contributed by atoms with Gasteiger partial charge in [-0.25, -0.2) is 0 Å². The van der Waals surface area contributed by atoms with Crippen LogP contribution in [-0.4, -0.2) is 47.4 Å². The standard InChI is InChI=1S/C81H159NO5/c1-3-5-7-9-11-13-15-17-19-20-21-37-40-43-46-49-53-57-61-65-69-73-79(84)78(77-83)82-80(85)74-70-66-62-58-54-50-47-44-41-38-35-33-31-29-27-25-23-22-24-26-28-30-32-34-36-39-42-45-48-52-56-60-64-68-72-76-87-81(86)75-71-67-63-59-55-51-18-16-14-12-10-8-6-4-2/h16,18,78-79,83-84H,3-15,17,19-77H2,1-2H3,(H,82,85)/b18-16-. The number of esters is 1. The molecule has 0 spiro atoms. The van der Waals surface area contributed by atoms with Crippen LogP contribution in [0.25, 0.3) is 0 Å². The van der Waals surface area contributed by atoms with Crippen LogP contribution in [0.3, 0.4) is 0 Å². The number of aliphatic hydroxyl groups is 2. The summed E-state index contributed by atoms with van der Waals surface area (Å²) in [7, 11) is 0. The Balaban J connectivity index is 3.31. The lowest BCUT2D eigenvalue weighted by atomic mass is 10.0. The van der Waals surface area contributed by atoms with E-state index in [2.05, 4.69) is 31.3 Å². The van der Waals surface area contributed by atoms with Crippen LogP contribution in [0.1, 0.15) is 470 Å². The zero-order valence-corrected chi connectivity index (χ0v) is 59.5. The number of ether oxygens (including phenoxy) is 1. The van der Waals surface area contributed by atoms with E-state index in [0.717, 1.165) is 44.9 Å². The molecule has 0 fully saturated rings. The van der Waals surface area contributed by atoms with E-state index in [-0.39, 0.29) is 18.5 Å². The summed E-state index contributed by atoms with van der Waals surface area (Å²) in [5.41, 5.74) is 0. The van der Waals surface area contributed by atoms with Crippen molar-refractivity contribution in [2.75, 3.05) is 13.2 Å². The van der Waals surface area contributed by atoms with Gasteiger partial charge in [-0.05, 0) is 51.4 Å². The molecule has 0 aliphatic heterocycles. The first-order valence-corrected chi connectivity index (χ1v) is 40.4. The van der Waals surface area contributed by atoms with Crippen molar-refractivity contribution in [3.8, 4) is 0 Å². The van der Waals surface area contributed by atoms with Crippen molar-refractivity contribution in [3.05, 3.63) is 12.2 Å². The third-order valence-corrected chi connectivity index (χ3v) is 19.3. The lowest BCUT2D eigenvalue weighted by Gasteiger charge is -2.22. The Morgan fingerprint density at radius 3 is 0.816 bits per heavy atom. The molecular weight excluding hydrogens is 1070 g/mol. The lowest BCUT2D eigenvalue weighted by molar-refractivity contribution is -0.143. The highest BCUT2D eigenvalue weighted by molar-refractivity contribution is 5.76. The number of allylic oxidation sites excluding steroid dienone is 2. The van der Waals surface area contributed by atoms with Crippen LogP contribution in [0.15, 0.2) is 12.2 Å². The van der Waals surface area contributed by atoms with Crippen molar-refractivity contribution < 1.29 is 24.5 Å². The summed E-state index contributed by atoms with van der Waals surface area (Å²) in [5, 5.41) is 23.5. The Morgan fingerprint density at radius 1 is 0.310 bits per heavy atom. The highest BCUT2D eigenvalue weighted by Crippen LogP contribution is 2.21. The van der Waals surface area contributed by atoms with Gasteiger partial charge in [-0.1, -0.05) is 418 Å². The number of unbranched alkanes of at least 4 members (excludes halogenated alkanes) is 64. The molecule has 0 aromatic carbocycles. The lowest BCUT2D eigenvalue weighted by Crippen LogP contribution is -2.45. The molecule has 6 heteroatoms. The third kappa shape index (κ3) is 73.5. The summed E-state index contributed by atoms with van der Waals surface area (Å²) in [6.45, 7) is 5.00. The molecule has 518 valence electrons. The Labute approximate surface area is 546 Å². The maximum atomic E-state index is 12.6. The first kappa shape index (κ1) is 85.6. The van der Waals surface area contributed by atoms with Crippen molar-refractivity contribution in [2.45, 2.75) is 482 Å². The van der Waals surface area contributed by atoms with E-state index in [4.69, 9.17) is 4.74 Å². The monoisotopic (exact) mass is 1230 g/mol. The largest absolute Gasteiger partial charge is 0.466 e. The van der Waals surface area contributed by atoms with E-state index in [1.807, 2.05) is 0 Å². The normalized spacial score (nSPS) is 12.5. The molecule has 2 atom stereocenters. The Morgan fingerprint density at radius 2 is 0.540 bits per heavy atom. The van der Waals surface area contributed by atoms with Crippen LogP contribution in [0.2, 0.25) is 0 Å². The predicted molar refractivity (Wildman–Crippen MR) is 384 cm³/mol. The number of carbonyl (C=O) groups is 2. The van der Waals surface area contributed by atoms with Gasteiger partial charge in [-0.15, -0.1) is 0 Å². The summed E-state index contributed by atoms with van der Waals surface area (Å²) >= 11 is 0. The molecule has 6 nitrogen and oxygen atoms in total. The molecule has 3 N–H and O–H groups in total. The molecule has 0 aliphatic rings. The molecule has 87 heavy (non-hydrogen) atoms. The van der Waals surface area contributed by atoms with Crippen molar-refractivity contribution >= 4 is 11.9 Å². The van der Waals surface area contributed by atoms with Crippen LogP contribution < -0.4 is 5.32 Å². The maximum Gasteiger partial charge on any atom is 0.305 e. The summed E-state index contributed by atoms with van der Waals surface area (Å²) in [4.78, 5) is 24.6. The fourth-order valence-corrected chi connectivity index (χ4v) is 13.2. The van der Waals surface area contributed by atoms with Gasteiger partial charge in [0.15, 0.2) is 0 Å². The van der Waals surface area contributed by atoms with Crippen molar-refractivity contribution in [2.24, 2.45) is 0 Å². The summed E-state index contributed by atoms with van der Waals surface area (Å²) < 4.78 is 5.50. The molecule has 0 rings (SSSR count). The minimum absolute atomic E-state index is 0.0152. The molecule has 0 radical (unpaired) electrons. The molecule has 0 aliphatic carbocycles. The molecular formula is C81H159NO5. The highest BCUT2D eigenvalue weighted by Gasteiger charge is 2.20. The number of rotatable bonds is 77. The number of hydrogen-bond donors (Lipinski definition) is 3. The minimum Gasteiger partial charge on any atom is -0.466 e. The highest BCUT2D eigenvalue weighted by atomic mass is 16.5. The quantitative estimate of drug-likeness (QED) is 0.0320. The Bertz CT molecular complexity index is 1320. The van der Waals surface area contributed by atoms with Crippen LogP contribution in [0.5, 0.6) is 0 Å². The van der Waals surface area contributed by atoms with Crippen LogP contribution >= 0.6 is 0 Å². The van der Waals surface area contributed by atoms with E-state index < -0.39 is 12.1 Å². The summed E-state index contributed by atoms with van der Waals surface area (Å²) in [5.74, 6) is -0.00868. The summed E-state index contributed by atoms with van der Waals surface area (Å²) in [6, 6.07) is -0.538. The molecule has 2 unspecified atom stereocenters. The molecule has 0 aromatic rings. The Kier molecular flexibility index (Phi) is 75.8. The second-order valence-corrected chi connectivity index (χ2v) is 28.1. The van der Waals surface area contributed by atoms with Crippen LogP contribution in [0, 0.1) is 0 Å².